The summed E-state index contributed by atoms with van der Waals surface area (Å²) in [5.41, 5.74) is 1.76. The number of hydrogen-bond acceptors (Lipinski definition) is 4. The highest BCUT2D eigenvalue weighted by Crippen LogP contribution is 2.22. The minimum absolute atomic E-state index is 0.0330. The largest absolute Gasteiger partial charge is 0.467 e. The Balaban J connectivity index is 2.91. The molecule has 82 valence electrons. The normalized spacial score (nSPS) is 12.2. The molecule has 0 aliphatic carbocycles. The van der Waals surface area contributed by atoms with Gasteiger partial charge in [-0.05, 0) is 6.42 Å². The summed E-state index contributed by atoms with van der Waals surface area (Å²) in [4.78, 5) is 18.2. The van der Waals surface area contributed by atoms with Gasteiger partial charge >= 0.3 is 0 Å². The van der Waals surface area contributed by atoms with Gasteiger partial charge in [-0.1, -0.05) is 25.4 Å². The number of carbonyl (C=O) groups is 1. The molecule has 1 rings (SSSR count). The van der Waals surface area contributed by atoms with Crippen molar-refractivity contribution >= 4 is 18.1 Å². The predicted molar refractivity (Wildman–Crippen MR) is 56.9 cm³/mol. The van der Waals surface area contributed by atoms with E-state index in [2.05, 4.69) is 9.97 Å². The molecule has 0 bridgehead atoms. The topological polar surface area (TPSA) is 52.1 Å². The summed E-state index contributed by atoms with van der Waals surface area (Å²) in [7, 11) is 0. The Morgan fingerprint density at radius 2 is 2.33 bits per heavy atom. The van der Waals surface area contributed by atoms with Crippen molar-refractivity contribution in [3.05, 3.63) is 22.7 Å². The lowest BCUT2D eigenvalue weighted by Crippen LogP contribution is -2.09. The molecule has 15 heavy (non-hydrogen) atoms. The highest BCUT2D eigenvalue weighted by atomic mass is 35.5. The van der Waals surface area contributed by atoms with Crippen LogP contribution in [-0.2, 0) is 16.0 Å². The van der Waals surface area contributed by atoms with Crippen molar-refractivity contribution in [2.75, 3.05) is 6.61 Å². The lowest BCUT2D eigenvalue weighted by Gasteiger charge is -2.13. The zero-order valence-electron chi connectivity index (χ0n) is 8.74. The Morgan fingerprint density at radius 3 is 2.93 bits per heavy atom. The second kappa shape index (κ2) is 5.66. The van der Waals surface area contributed by atoms with Crippen LogP contribution in [0, 0.1) is 0 Å². The smallest absolute Gasteiger partial charge is 0.293 e. The molecule has 1 unspecified atom stereocenters. The van der Waals surface area contributed by atoms with Crippen LogP contribution in [0.3, 0.4) is 0 Å². The van der Waals surface area contributed by atoms with Gasteiger partial charge in [-0.3, -0.25) is 4.79 Å². The maximum Gasteiger partial charge on any atom is 0.293 e. The SMILES string of the molecule is CCc1c(Cl)ncnc1C(C)COC=O. The molecule has 1 heterocycles. The summed E-state index contributed by atoms with van der Waals surface area (Å²) in [5.74, 6) is 0.0330. The molecule has 0 N–H and O–H groups in total. The lowest BCUT2D eigenvalue weighted by molar-refractivity contribution is -0.129. The van der Waals surface area contributed by atoms with E-state index in [0.29, 0.717) is 18.2 Å². The Labute approximate surface area is 93.6 Å². The molecule has 0 radical (unpaired) electrons. The fraction of sp³-hybridized carbons (Fsp3) is 0.500. The fourth-order valence-electron chi connectivity index (χ4n) is 1.42. The molecule has 0 saturated heterocycles. The van der Waals surface area contributed by atoms with Gasteiger partial charge < -0.3 is 4.74 Å². The van der Waals surface area contributed by atoms with Gasteiger partial charge in [0.15, 0.2) is 0 Å². The minimum atomic E-state index is 0.0330. The van der Waals surface area contributed by atoms with E-state index in [-0.39, 0.29) is 5.92 Å². The van der Waals surface area contributed by atoms with Gasteiger partial charge in [0.05, 0.1) is 12.3 Å². The zero-order chi connectivity index (χ0) is 11.3. The zero-order valence-corrected chi connectivity index (χ0v) is 9.49. The third-order valence-corrected chi connectivity index (χ3v) is 2.49. The van der Waals surface area contributed by atoms with Gasteiger partial charge in [0.25, 0.3) is 6.47 Å². The van der Waals surface area contributed by atoms with Crippen molar-refractivity contribution in [1.29, 1.82) is 0 Å². The van der Waals surface area contributed by atoms with Crippen molar-refractivity contribution in [2.45, 2.75) is 26.2 Å². The summed E-state index contributed by atoms with van der Waals surface area (Å²) in [6.45, 7) is 4.66. The molecule has 0 aliphatic rings. The molecule has 1 aromatic rings. The second-order valence-electron chi connectivity index (χ2n) is 3.21. The molecule has 0 fully saturated rings. The molecule has 1 aromatic heterocycles. The van der Waals surface area contributed by atoms with Gasteiger partial charge in [0, 0.05) is 11.5 Å². The van der Waals surface area contributed by atoms with Crippen LogP contribution in [0.15, 0.2) is 6.33 Å². The number of carbonyl (C=O) groups excluding carboxylic acids is 1. The second-order valence-corrected chi connectivity index (χ2v) is 3.57. The van der Waals surface area contributed by atoms with E-state index in [4.69, 9.17) is 16.3 Å². The summed E-state index contributed by atoms with van der Waals surface area (Å²) in [6.07, 6.45) is 2.19. The number of hydrogen-bond donors (Lipinski definition) is 0. The van der Waals surface area contributed by atoms with E-state index < -0.39 is 0 Å². The van der Waals surface area contributed by atoms with E-state index in [1.807, 2.05) is 13.8 Å². The molecule has 0 amide bonds. The van der Waals surface area contributed by atoms with Crippen LogP contribution in [0.4, 0.5) is 0 Å². The predicted octanol–water partition coefficient (Wildman–Crippen LogP) is 1.97. The molecular weight excluding hydrogens is 216 g/mol. The van der Waals surface area contributed by atoms with E-state index in [0.717, 1.165) is 17.7 Å². The number of ether oxygens (including phenoxy) is 1. The minimum Gasteiger partial charge on any atom is -0.467 e. The van der Waals surface area contributed by atoms with Crippen LogP contribution in [0.5, 0.6) is 0 Å². The number of aromatic nitrogens is 2. The molecule has 5 heteroatoms. The first-order chi connectivity index (χ1) is 7.20. The van der Waals surface area contributed by atoms with Crippen molar-refractivity contribution in [1.82, 2.24) is 9.97 Å². The fourth-order valence-corrected chi connectivity index (χ4v) is 1.69. The van der Waals surface area contributed by atoms with E-state index >= 15 is 0 Å². The Morgan fingerprint density at radius 1 is 1.60 bits per heavy atom. The van der Waals surface area contributed by atoms with Gasteiger partial charge in [0.2, 0.25) is 0 Å². The Hall–Kier alpha value is -1.16. The number of rotatable bonds is 5. The first kappa shape index (κ1) is 11.9. The average molecular weight is 229 g/mol. The summed E-state index contributed by atoms with van der Waals surface area (Å²) < 4.78 is 4.71. The molecule has 4 nitrogen and oxygen atoms in total. The highest BCUT2D eigenvalue weighted by Gasteiger charge is 2.14. The van der Waals surface area contributed by atoms with Gasteiger partial charge in [-0.2, -0.15) is 0 Å². The number of halogens is 1. The molecule has 0 aliphatic heterocycles. The van der Waals surface area contributed by atoms with Gasteiger partial charge in [-0.25, -0.2) is 9.97 Å². The Kier molecular flexibility index (Phi) is 4.49. The molecule has 0 spiro atoms. The monoisotopic (exact) mass is 228 g/mol. The standard InChI is InChI=1S/C10H13ClN2O2/c1-3-8-9(7(2)4-15-6-14)12-5-13-10(8)11/h5-7H,3-4H2,1-2H3. The van der Waals surface area contributed by atoms with Crippen molar-refractivity contribution in [3.63, 3.8) is 0 Å². The van der Waals surface area contributed by atoms with Crippen LogP contribution in [0.2, 0.25) is 5.15 Å². The van der Waals surface area contributed by atoms with Crippen LogP contribution in [-0.4, -0.2) is 23.0 Å². The summed E-state index contributed by atoms with van der Waals surface area (Å²) >= 11 is 5.95. The van der Waals surface area contributed by atoms with E-state index in [1.165, 1.54) is 6.33 Å². The van der Waals surface area contributed by atoms with Crippen molar-refractivity contribution in [3.8, 4) is 0 Å². The van der Waals surface area contributed by atoms with Crippen LogP contribution < -0.4 is 0 Å². The van der Waals surface area contributed by atoms with Crippen molar-refractivity contribution in [2.24, 2.45) is 0 Å². The van der Waals surface area contributed by atoms with Crippen molar-refractivity contribution < 1.29 is 9.53 Å². The molecule has 1 atom stereocenters. The lowest BCUT2D eigenvalue weighted by atomic mass is 10.0. The maximum absolute atomic E-state index is 10.1. The summed E-state index contributed by atoms with van der Waals surface area (Å²) in [6, 6.07) is 0. The molecule has 0 saturated carbocycles. The third-order valence-electron chi connectivity index (χ3n) is 2.16. The highest BCUT2D eigenvalue weighted by molar-refractivity contribution is 6.30. The number of nitrogens with zero attached hydrogens (tertiary/aromatic N) is 2. The third kappa shape index (κ3) is 2.89. The Bertz CT molecular complexity index is 344. The average Bonchev–Trinajstić information content (AvgIpc) is 2.25. The van der Waals surface area contributed by atoms with E-state index in [1.54, 1.807) is 0 Å². The van der Waals surface area contributed by atoms with Crippen LogP contribution in [0.1, 0.15) is 31.0 Å². The van der Waals surface area contributed by atoms with Gasteiger partial charge in [-0.15, -0.1) is 0 Å². The van der Waals surface area contributed by atoms with Crippen LogP contribution in [0.25, 0.3) is 0 Å². The first-order valence-electron chi connectivity index (χ1n) is 4.75. The van der Waals surface area contributed by atoms with Crippen LogP contribution >= 0.6 is 11.6 Å². The quantitative estimate of drug-likeness (QED) is 0.571. The molecular formula is C10H13ClN2O2. The maximum atomic E-state index is 10.1. The summed E-state index contributed by atoms with van der Waals surface area (Å²) in [5, 5.41) is 0.473. The van der Waals surface area contributed by atoms with Gasteiger partial charge in [0.1, 0.15) is 11.5 Å². The molecule has 0 aromatic carbocycles. The van der Waals surface area contributed by atoms with E-state index in [9.17, 15) is 4.79 Å². The first-order valence-corrected chi connectivity index (χ1v) is 5.13.